The summed E-state index contributed by atoms with van der Waals surface area (Å²) in [5.41, 5.74) is 4.83. The standard InChI is InChI=1S/C8H8Cl2N2O3S/c9-3-1-4(10)7(12-6(3)13)16-2-5(11)8(14)15/h1,5H,2,11H2,(H,12,13)(H,14,15)/t5-/m0/s1. The van der Waals surface area contributed by atoms with Gasteiger partial charge in [0.25, 0.3) is 5.56 Å². The molecule has 0 fully saturated rings. The average Bonchev–Trinajstić information content (AvgIpc) is 2.20. The Bertz CT molecular complexity index is 463. The molecule has 16 heavy (non-hydrogen) atoms. The molecule has 1 aromatic heterocycles. The first-order valence-electron chi connectivity index (χ1n) is 4.11. The third-order valence-corrected chi connectivity index (χ3v) is 3.47. The molecule has 0 aliphatic carbocycles. The van der Waals surface area contributed by atoms with Gasteiger partial charge in [-0.15, -0.1) is 11.8 Å². The Kier molecular flexibility index (Phi) is 4.67. The Morgan fingerprint density at radius 1 is 1.56 bits per heavy atom. The molecule has 1 atom stereocenters. The molecule has 1 aromatic rings. The maximum absolute atomic E-state index is 11.2. The number of halogens is 2. The number of thioether (sulfide) groups is 1. The summed E-state index contributed by atoms with van der Waals surface area (Å²) in [6.07, 6.45) is 0. The number of hydrogen-bond acceptors (Lipinski definition) is 4. The van der Waals surface area contributed by atoms with Crippen LogP contribution in [0.25, 0.3) is 0 Å². The minimum Gasteiger partial charge on any atom is -0.480 e. The van der Waals surface area contributed by atoms with Crippen molar-refractivity contribution < 1.29 is 9.90 Å². The van der Waals surface area contributed by atoms with Gasteiger partial charge < -0.3 is 15.8 Å². The summed E-state index contributed by atoms with van der Waals surface area (Å²) in [6, 6.07) is 0.288. The SMILES string of the molecule is N[C@@H](CSc1[nH]c(=O)c(Cl)cc1Cl)C(=O)O. The van der Waals surface area contributed by atoms with Crippen LogP contribution in [-0.2, 0) is 4.79 Å². The first kappa shape index (κ1) is 13.4. The molecule has 0 radical (unpaired) electrons. The van der Waals surface area contributed by atoms with Gasteiger partial charge in [0.2, 0.25) is 0 Å². The van der Waals surface area contributed by atoms with E-state index in [1.807, 2.05) is 0 Å². The zero-order chi connectivity index (χ0) is 12.3. The molecule has 0 unspecified atom stereocenters. The molecule has 5 nitrogen and oxygen atoms in total. The van der Waals surface area contributed by atoms with E-state index in [0.29, 0.717) is 5.03 Å². The maximum atomic E-state index is 11.2. The molecule has 0 aromatic carbocycles. The van der Waals surface area contributed by atoms with Crippen molar-refractivity contribution in [1.82, 2.24) is 4.98 Å². The summed E-state index contributed by atoms with van der Waals surface area (Å²) in [6.45, 7) is 0. The number of hydrogen-bond donors (Lipinski definition) is 3. The number of carboxylic acid groups (broad SMARTS) is 1. The van der Waals surface area contributed by atoms with E-state index in [9.17, 15) is 9.59 Å². The highest BCUT2D eigenvalue weighted by molar-refractivity contribution is 7.99. The minimum absolute atomic E-state index is 0.0168. The number of nitrogens with two attached hydrogens (primary N) is 1. The zero-order valence-electron chi connectivity index (χ0n) is 7.87. The smallest absolute Gasteiger partial charge is 0.321 e. The second-order valence-electron chi connectivity index (χ2n) is 2.88. The molecule has 1 rings (SSSR count). The first-order chi connectivity index (χ1) is 7.41. The number of carboxylic acids is 1. The summed E-state index contributed by atoms with van der Waals surface area (Å²) in [7, 11) is 0. The van der Waals surface area contributed by atoms with Crippen molar-refractivity contribution in [1.29, 1.82) is 0 Å². The molecule has 1 heterocycles. The number of nitrogens with one attached hydrogen (secondary N) is 1. The quantitative estimate of drug-likeness (QED) is 0.721. The zero-order valence-corrected chi connectivity index (χ0v) is 10.2. The van der Waals surface area contributed by atoms with Crippen LogP contribution >= 0.6 is 35.0 Å². The highest BCUT2D eigenvalue weighted by atomic mass is 35.5. The van der Waals surface area contributed by atoms with Crippen LogP contribution in [0.2, 0.25) is 10.0 Å². The molecule has 8 heteroatoms. The number of aromatic amines is 1. The summed E-state index contributed by atoms with van der Waals surface area (Å²) < 4.78 is 0. The summed E-state index contributed by atoms with van der Waals surface area (Å²) >= 11 is 12.4. The lowest BCUT2D eigenvalue weighted by Crippen LogP contribution is -2.32. The second kappa shape index (κ2) is 5.58. The van der Waals surface area contributed by atoms with E-state index in [2.05, 4.69) is 4.98 Å². The molecule has 0 saturated heterocycles. The van der Waals surface area contributed by atoms with Crippen molar-refractivity contribution in [2.75, 3.05) is 5.75 Å². The van der Waals surface area contributed by atoms with E-state index < -0.39 is 17.6 Å². The van der Waals surface area contributed by atoms with Gasteiger partial charge in [-0.05, 0) is 6.07 Å². The lowest BCUT2D eigenvalue weighted by Gasteiger charge is -2.07. The number of H-pyrrole nitrogens is 1. The van der Waals surface area contributed by atoms with Gasteiger partial charge in [0.15, 0.2) is 0 Å². The Hall–Kier alpha value is -0.690. The van der Waals surface area contributed by atoms with Gasteiger partial charge in [-0.2, -0.15) is 0 Å². The van der Waals surface area contributed by atoms with Crippen LogP contribution in [0.5, 0.6) is 0 Å². The highest BCUT2D eigenvalue weighted by Gasteiger charge is 2.13. The minimum atomic E-state index is -1.11. The Balaban J connectivity index is 2.79. The summed E-state index contributed by atoms with van der Waals surface area (Å²) in [5.74, 6) is -1.01. The number of carbonyl (C=O) groups is 1. The number of pyridine rings is 1. The fraction of sp³-hybridized carbons (Fsp3) is 0.250. The van der Waals surface area contributed by atoms with E-state index in [1.54, 1.807) is 0 Å². The van der Waals surface area contributed by atoms with Gasteiger partial charge in [-0.3, -0.25) is 9.59 Å². The van der Waals surface area contributed by atoms with Crippen LogP contribution in [-0.4, -0.2) is 27.9 Å². The lowest BCUT2D eigenvalue weighted by atomic mass is 10.4. The second-order valence-corrected chi connectivity index (χ2v) is 4.72. The van der Waals surface area contributed by atoms with Crippen LogP contribution in [0.1, 0.15) is 0 Å². The molecule has 0 bridgehead atoms. The van der Waals surface area contributed by atoms with Crippen molar-refractivity contribution in [3.63, 3.8) is 0 Å². The van der Waals surface area contributed by atoms with E-state index >= 15 is 0 Å². The normalized spacial score (nSPS) is 12.4. The van der Waals surface area contributed by atoms with E-state index in [0.717, 1.165) is 11.8 Å². The molecule has 0 aliphatic rings. The van der Waals surface area contributed by atoms with E-state index in [-0.39, 0.29) is 15.8 Å². The van der Waals surface area contributed by atoms with Crippen molar-refractivity contribution in [2.24, 2.45) is 5.73 Å². The maximum Gasteiger partial charge on any atom is 0.321 e. The predicted molar refractivity (Wildman–Crippen MR) is 63.4 cm³/mol. The number of aliphatic carboxylic acids is 1. The molecule has 0 amide bonds. The summed E-state index contributed by atoms with van der Waals surface area (Å²) in [4.78, 5) is 24.1. The Morgan fingerprint density at radius 2 is 2.19 bits per heavy atom. The van der Waals surface area contributed by atoms with Crippen LogP contribution in [0.3, 0.4) is 0 Å². The van der Waals surface area contributed by atoms with E-state index in [1.165, 1.54) is 6.07 Å². The molecule has 0 spiro atoms. The van der Waals surface area contributed by atoms with Gasteiger partial charge in [-0.1, -0.05) is 23.2 Å². The van der Waals surface area contributed by atoms with E-state index in [4.69, 9.17) is 34.0 Å². The molecular weight excluding hydrogens is 275 g/mol. The topological polar surface area (TPSA) is 96.2 Å². The fourth-order valence-corrected chi connectivity index (χ4v) is 2.20. The van der Waals surface area contributed by atoms with Gasteiger partial charge >= 0.3 is 5.97 Å². The summed E-state index contributed by atoms with van der Waals surface area (Å²) in [5, 5.41) is 9.16. The van der Waals surface area contributed by atoms with Crippen molar-refractivity contribution in [2.45, 2.75) is 11.1 Å². The predicted octanol–water partition coefficient (Wildman–Crippen LogP) is 1.19. The third-order valence-electron chi connectivity index (χ3n) is 1.64. The lowest BCUT2D eigenvalue weighted by molar-refractivity contribution is -0.137. The third kappa shape index (κ3) is 3.41. The van der Waals surface area contributed by atoms with Gasteiger partial charge in [-0.25, -0.2) is 0 Å². The van der Waals surface area contributed by atoms with Gasteiger partial charge in [0.05, 0.1) is 10.0 Å². The number of rotatable bonds is 4. The van der Waals surface area contributed by atoms with Crippen molar-refractivity contribution in [3.05, 3.63) is 26.5 Å². The Morgan fingerprint density at radius 3 is 2.75 bits per heavy atom. The monoisotopic (exact) mass is 282 g/mol. The van der Waals surface area contributed by atoms with Crippen molar-refractivity contribution in [3.8, 4) is 0 Å². The van der Waals surface area contributed by atoms with Crippen LogP contribution in [0.4, 0.5) is 0 Å². The Labute approximate surface area is 105 Å². The molecule has 4 N–H and O–H groups in total. The van der Waals surface area contributed by atoms with Crippen LogP contribution < -0.4 is 11.3 Å². The van der Waals surface area contributed by atoms with Crippen LogP contribution in [0, 0.1) is 0 Å². The fourth-order valence-electron chi connectivity index (χ4n) is 0.814. The largest absolute Gasteiger partial charge is 0.480 e. The molecule has 88 valence electrons. The molecular formula is C8H8Cl2N2O3S. The average molecular weight is 283 g/mol. The van der Waals surface area contributed by atoms with Gasteiger partial charge in [0.1, 0.15) is 11.1 Å². The first-order valence-corrected chi connectivity index (χ1v) is 5.85. The van der Waals surface area contributed by atoms with Gasteiger partial charge in [0, 0.05) is 5.75 Å². The number of aromatic nitrogens is 1. The molecule has 0 saturated carbocycles. The molecule has 0 aliphatic heterocycles. The van der Waals surface area contributed by atoms with Crippen molar-refractivity contribution >= 4 is 40.9 Å². The van der Waals surface area contributed by atoms with Crippen LogP contribution in [0.15, 0.2) is 15.9 Å². The highest BCUT2D eigenvalue weighted by Crippen LogP contribution is 2.25.